The third-order valence-electron chi connectivity index (χ3n) is 14.0. The zero-order valence-corrected chi connectivity index (χ0v) is 68.5. The summed E-state index contributed by atoms with van der Waals surface area (Å²) in [5, 5.41) is 65.5. The first kappa shape index (κ1) is 92.0. The Morgan fingerprint density at radius 3 is 1.33 bits per heavy atom. The second kappa shape index (κ2) is 44.0. The van der Waals surface area contributed by atoms with Crippen LogP contribution in [0.3, 0.4) is 0 Å². The van der Waals surface area contributed by atoms with E-state index in [1.165, 1.54) is 64.1 Å². The Morgan fingerprint density at radius 2 is 0.952 bits per heavy atom. The van der Waals surface area contributed by atoms with Crippen LogP contribution in [-0.4, -0.2) is 126 Å². The van der Waals surface area contributed by atoms with Crippen LogP contribution < -0.4 is 30.4 Å². The molecule has 10 aromatic heterocycles. The van der Waals surface area contributed by atoms with Crippen molar-refractivity contribution in [2.24, 2.45) is 0 Å². The van der Waals surface area contributed by atoms with Crippen molar-refractivity contribution in [3.63, 3.8) is 0 Å². The molecule has 0 radical (unpaired) electrons. The summed E-state index contributed by atoms with van der Waals surface area (Å²) >= 11 is 0. The third-order valence-corrected chi connectivity index (χ3v) is 14.0. The minimum Gasteiger partial charge on any atom is -0.574 e. The van der Waals surface area contributed by atoms with E-state index < -0.39 is 30.2 Å². The molecule has 0 amide bonds. The van der Waals surface area contributed by atoms with Crippen molar-refractivity contribution in [1.29, 1.82) is 0 Å². The molecule has 11 aromatic rings. The van der Waals surface area contributed by atoms with Gasteiger partial charge in [-0.05, 0) is 141 Å². The smallest absolute Gasteiger partial charge is 0.574 e. The zero-order valence-electron chi connectivity index (χ0n) is 59.5. The van der Waals surface area contributed by atoms with Crippen LogP contribution >= 0.6 is 0 Å². The van der Waals surface area contributed by atoms with Gasteiger partial charge in [0.05, 0.1) is 52.5 Å². The van der Waals surface area contributed by atoms with Gasteiger partial charge in [0.15, 0.2) is 0 Å². The molecule has 0 fully saturated rings. The van der Waals surface area contributed by atoms with E-state index in [1.807, 2.05) is 75.4 Å². The second-order valence-electron chi connectivity index (χ2n) is 24.9. The largest absolute Gasteiger partial charge is 2.00 e. The summed E-state index contributed by atoms with van der Waals surface area (Å²) < 4.78 is 38.9. The number of aliphatic hydroxyl groups is 3. The number of ketones is 3. The topological polar surface area (TPSA) is 379 Å². The number of alkyl halides is 3. The summed E-state index contributed by atoms with van der Waals surface area (Å²) in [6, 6.07) is 22.3. The zero-order chi connectivity index (χ0) is 73.3. The van der Waals surface area contributed by atoms with E-state index >= 15 is 0 Å². The number of halogens is 3. The number of aryl methyl sites for hydroxylation is 2. The standard InChI is InChI=1S/C22H14F3N9.C13H15N4.C12H15N4.C8H7N4.3C5H10O2.4Pt/c1-13-11-17(31-30-13)15-7-9-26-20(28-15)34(14-5-3-2-4-6-14)21-27-10-8-16(29-21)18-12-19(33-32-18)22(23,24)25;1-13(2)6-3-4-9-11(16-17-12(9)13)10-5-7-14-8-15-10;1-8-10(9-5-6-13-7-14-9)15-16-11(8)12(2,3)4;1-6-4-8(12-11-6)7-2-3-9-5-10-7;3*1-4(6)3-5(2)7;;;;/h2-12H,1H3;5,7-8H,3-4,6H2,1-2H3;5-7H,1-4H3;2-5H,1H3;3*4,6H,3H2,1-2H3;;;;/q-2;3*-1;;;;;;;+2. The maximum absolute atomic E-state index is 13.0. The Hall–Kier alpha value is -8.10. The summed E-state index contributed by atoms with van der Waals surface area (Å²) in [5.41, 5.74) is 12.3. The molecule has 1 aliphatic carbocycles. The molecule has 27 nitrogen and oxygen atoms in total. The van der Waals surface area contributed by atoms with Gasteiger partial charge in [0.1, 0.15) is 42.0 Å². The average Bonchev–Trinajstić information content (AvgIpc) is 1.62. The van der Waals surface area contributed by atoms with Crippen LogP contribution in [0.15, 0.2) is 129 Å². The van der Waals surface area contributed by atoms with Crippen molar-refractivity contribution in [2.75, 3.05) is 4.90 Å². The first-order valence-electron chi connectivity index (χ1n) is 31.7. The normalized spacial score (nSPS) is 12.4. The molecule has 0 spiro atoms. The first-order valence-corrected chi connectivity index (χ1v) is 31.7. The molecular formula is C70H81F3N21O6Pt4-3. The van der Waals surface area contributed by atoms with E-state index in [-0.39, 0.29) is 155 Å². The van der Waals surface area contributed by atoms with Gasteiger partial charge in [-0.1, -0.05) is 93.4 Å². The van der Waals surface area contributed by atoms with Crippen molar-refractivity contribution in [1.82, 2.24) is 101 Å². The van der Waals surface area contributed by atoms with Crippen LogP contribution in [0.5, 0.6) is 0 Å². The van der Waals surface area contributed by atoms with E-state index in [4.69, 9.17) is 15.3 Å². The van der Waals surface area contributed by atoms with Crippen molar-refractivity contribution < 1.29 is 127 Å². The van der Waals surface area contributed by atoms with Crippen molar-refractivity contribution in [3.05, 3.63) is 168 Å². The van der Waals surface area contributed by atoms with Crippen LogP contribution in [0.2, 0.25) is 0 Å². The Bertz CT molecular complexity index is 4280. The van der Waals surface area contributed by atoms with Gasteiger partial charge in [-0.3, -0.25) is 14.4 Å². The molecule has 0 bridgehead atoms. The third kappa shape index (κ3) is 29.4. The number of para-hydroxylation sites is 1. The summed E-state index contributed by atoms with van der Waals surface area (Å²) in [6.07, 6.45) is 11.0. The fraction of sp³-hybridized carbons (Fsp3) is 0.371. The first-order chi connectivity index (χ1) is 47.3. The number of hydrogen-bond acceptors (Lipinski definition) is 22. The number of hydrogen-bond donors (Lipinski definition) is 3. The molecule has 34 heteroatoms. The van der Waals surface area contributed by atoms with Crippen molar-refractivity contribution in [3.8, 4) is 56.9 Å². The second-order valence-corrected chi connectivity index (χ2v) is 24.9. The molecule has 10 heterocycles. The summed E-state index contributed by atoms with van der Waals surface area (Å²) in [4.78, 5) is 73.7. The molecule has 12 rings (SSSR count). The Labute approximate surface area is 658 Å². The van der Waals surface area contributed by atoms with Gasteiger partial charge < -0.3 is 66.3 Å². The number of anilines is 3. The SMILES string of the molecule is CC(=O)CC(C)O.CC(=O)CC(C)O.CC(=O)CC(C)O.CC1(C)CCCc2c1n[n-]c2-c1ccncn1.Cc1c(C(C)(C)C)n[n-]c1-c1ccncn1.Cc1cc(-c2ccnc(N(c3ccccc3)c3nccc(-c4cc(C(F)(F)F)n[n-]4)n3)n2)[n-]n1.Cc1cc(-c2ccncn2)[n-]n1.[Pt+2].[Pt].[Pt].[Pt]. The number of aromatic nitrogens is 20. The van der Waals surface area contributed by atoms with Gasteiger partial charge in [0.2, 0.25) is 11.9 Å². The summed E-state index contributed by atoms with van der Waals surface area (Å²) in [7, 11) is 0. The number of Topliss-reactive ketones (excluding diaryl/α,β-unsaturated/α-hetero) is 3. The van der Waals surface area contributed by atoms with E-state index in [2.05, 4.69) is 135 Å². The number of rotatable bonds is 14. The van der Waals surface area contributed by atoms with Gasteiger partial charge in [-0.15, -0.1) is 0 Å². The van der Waals surface area contributed by atoms with Gasteiger partial charge in [-0.2, -0.15) is 13.2 Å². The monoisotopic (exact) mass is 2150 g/mol. The summed E-state index contributed by atoms with van der Waals surface area (Å²) in [6.45, 7) is 25.8. The van der Waals surface area contributed by atoms with Crippen molar-refractivity contribution >= 4 is 34.9 Å². The van der Waals surface area contributed by atoms with Gasteiger partial charge in [-0.25, -0.2) is 54.7 Å². The fourth-order valence-corrected chi connectivity index (χ4v) is 9.70. The molecule has 104 heavy (non-hydrogen) atoms. The van der Waals surface area contributed by atoms with E-state index in [0.29, 0.717) is 17.1 Å². The maximum Gasteiger partial charge on any atom is 2.00 e. The van der Waals surface area contributed by atoms with Crippen LogP contribution in [0.4, 0.5) is 30.8 Å². The Balaban J connectivity index is 0.000000448. The Kier molecular flexibility index (Phi) is 38.9. The van der Waals surface area contributed by atoms with Crippen LogP contribution in [0.1, 0.15) is 148 Å². The predicted octanol–water partition coefficient (Wildman–Crippen LogP) is 10.1. The molecule has 0 saturated heterocycles. The van der Waals surface area contributed by atoms with Crippen LogP contribution in [0, 0.1) is 20.8 Å². The minimum absolute atomic E-state index is 0. The quantitative estimate of drug-likeness (QED) is 0.0910. The molecular weight excluding hydrogens is 2070 g/mol. The van der Waals surface area contributed by atoms with E-state index in [9.17, 15) is 27.6 Å². The molecule has 1 aromatic carbocycles. The molecule has 3 N–H and O–H groups in total. The molecule has 3 atom stereocenters. The van der Waals surface area contributed by atoms with Gasteiger partial charge >= 0.3 is 27.2 Å². The molecule has 1 aliphatic rings. The Morgan fingerprint density at radius 1 is 0.538 bits per heavy atom. The van der Waals surface area contributed by atoms with Crippen LogP contribution in [0.25, 0.3) is 56.9 Å². The number of benzene rings is 1. The molecule has 3 unspecified atom stereocenters. The molecule has 566 valence electrons. The van der Waals surface area contributed by atoms with E-state index in [1.54, 1.807) is 68.9 Å². The molecule has 0 aliphatic heterocycles. The maximum atomic E-state index is 13.0. The minimum atomic E-state index is -4.60. The predicted molar refractivity (Wildman–Crippen MR) is 366 cm³/mol. The number of carbonyl (C=O) groups is 3. The van der Waals surface area contributed by atoms with Crippen molar-refractivity contribution in [2.45, 2.75) is 171 Å². The fourth-order valence-electron chi connectivity index (χ4n) is 9.70. The summed E-state index contributed by atoms with van der Waals surface area (Å²) in [5.74, 6) is 0.494. The number of nitrogens with zero attached hydrogens (tertiary/aromatic N) is 21. The average molecular weight is 2150 g/mol. The number of fused-ring (bicyclic) bond motifs is 1. The van der Waals surface area contributed by atoms with Crippen LogP contribution in [-0.2, 0) is 122 Å². The number of carbonyl (C=O) groups excluding carboxylic acids is 3. The van der Waals surface area contributed by atoms with Gasteiger partial charge in [0.25, 0.3) is 0 Å². The van der Waals surface area contributed by atoms with E-state index in [0.717, 1.165) is 75.0 Å². The number of aliphatic hydroxyl groups excluding tert-OH is 3. The van der Waals surface area contributed by atoms with Gasteiger partial charge in [0, 0.05) is 147 Å². The molecule has 0 saturated carbocycles.